The predicted molar refractivity (Wildman–Crippen MR) is 84.7 cm³/mol. The molecule has 0 saturated heterocycles. The topological polar surface area (TPSA) is 94.4 Å². The molecule has 0 bridgehead atoms. The number of aromatic amines is 1. The maximum absolute atomic E-state index is 12.2. The molecule has 0 aliphatic carbocycles. The van der Waals surface area contributed by atoms with Gasteiger partial charge in [0.15, 0.2) is 6.61 Å². The van der Waals surface area contributed by atoms with Crippen LogP contribution in [-0.2, 0) is 11.2 Å². The van der Waals surface area contributed by atoms with Gasteiger partial charge in [0.05, 0.1) is 0 Å². The van der Waals surface area contributed by atoms with Gasteiger partial charge in [-0.2, -0.15) is 4.98 Å². The summed E-state index contributed by atoms with van der Waals surface area (Å²) in [5, 5.41) is 0.288. The van der Waals surface area contributed by atoms with Gasteiger partial charge in [0.25, 0.3) is 5.56 Å². The summed E-state index contributed by atoms with van der Waals surface area (Å²) in [5.41, 5.74) is -0.317. The number of nitrogens with one attached hydrogen (secondary N) is 1. The van der Waals surface area contributed by atoms with Crippen molar-refractivity contribution in [3.63, 3.8) is 0 Å². The van der Waals surface area contributed by atoms with Crippen molar-refractivity contribution in [2.75, 3.05) is 20.3 Å². The second kappa shape index (κ2) is 8.15. The summed E-state index contributed by atoms with van der Waals surface area (Å²) in [6.45, 7) is 2.37. The molecular formula is C16H18N2O5. The molecule has 122 valence electrons. The second-order valence-corrected chi connectivity index (χ2v) is 4.82. The lowest BCUT2D eigenvalue weighted by atomic mass is 10.1. The highest BCUT2D eigenvalue weighted by atomic mass is 16.5. The van der Waals surface area contributed by atoms with Crippen LogP contribution in [0.1, 0.15) is 25.3 Å². The smallest absolute Gasteiger partial charge is 0.337 e. The molecule has 0 amide bonds. The van der Waals surface area contributed by atoms with Crippen molar-refractivity contribution in [3.05, 3.63) is 32.4 Å². The lowest BCUT2D eigenvalue weighted by Crippen LogP contribution is -2.15. The van der Waals surface area contributed by atoms with Crippen molar-refractivity contribution in [1.29, 1.82) is 0 Å². The number of hydrogen-bond acceptors (Lipinski definition) is 6. The minimum atomic E-state index is -0.535. The Hall–Kier alpha value is -2.59. The summed E-state index contributed by atoms with van der Waals surface area (Å²) >= 11 is 0. The van der Waals surface area contributed by atoms with E-state index in [9.17, 15) is 9.59 Å². The SMILES string of the molecule is CCCCc1cc(=O)oc2nc(OCC#CCOC)[nH]c(=O)c12. The number of fused-ring (bicyclic) bond motifs is 1. The Morgan fingerprint density at radius 3 is 2.83 bits per heavy atom. The van der Waals surface area contributed by atoms with Gasteiger partial charge < -0.3 is 13.9 Å². The molecule has 0 fully saturated rings. The van der Waals surface area contributed by atoms with Crippen molar-refractivity contribution < 1.29 is 13.9 Å². The Labute approximate surface area is 132 Å². The van der Waals surface area contributed by atoms with E-state index < -0.39 is 11.2 Å². The molecule has 23 heavy (non-hydrogen) atoms. The predicted octanol–water partition coefficient (Wildman–Crippen LogP) is 1.25. The average molecular weight is 318 g/mol. The molecule has 2 aromatic heterocycles. The van der Waals surface area contributed by atoms with Gasteiger partial charge in [-0.15, -0.1) is 0 Å². The highest BCUT2D eigenvalue weighted by Crippen LogP contribution is 2.15. The van der Waals surface area contributed by atoms with Crippen LogP contribution in [0, 0.1) is 11.8 Å². The molecular weight excluding hydrogens is 300 g/mol. The summed E-state index contributed by atoms with van der Waals surface area (Å²) in [5.74, 6) is 5.41. The zero-order chi connectivity index (χ0) is 16.7. The van der Waals surface area contributed by atoms with Crippen molar-refractivity contribution >= 4 is 11.1 Å². The first-order chi connectivity index (χ1) is 11.2. The van der Waals surface area contributed by atoms with E-state index in [1.165, 1.54) is 13.2 Å². The van der Waals surface area contributed by atoms with E-state index in [0.717, 1.165) is 12.8 Å². The molecule has 0 atom stereocenters. The van der Waals surface area contributed by atoms with Crippen molar-refractivity contribution in [2.45, 2.75) is 26.2 Å². The van der Waals surface area contributed by atoms with Crippen LogP contribution in [0.15, 0.2) is 20.1 Å². The van der Waals surface area contributed by atoms with E-state index in [2.05, 4.69) is 21.8 Å². The molecule has 2 heterocycles. The maximum Gasteiger partial charge on any atom is 0.337 e. The summed E-state index contributed by atoms with van der Waals surface area (Å²) in [6.07, 6.45) is 2.44. The Kier molecular flexibility index (Phi) is 5.94. The van der Waals surface area contributed by atoms with E-state index in [-0.39, 0.29) is 23.7 Å². The normalized spacial score (nSPS) is 10.3. The van der Waals surface area contributed by atoms with Crippen molar-refractivity contribution in [2.24, 2.45) is 0 Å². The number of hydrogen-bond donors (Lipinski definition) is 1. The number of nitrogens with zero attached hydrogens (tertiary/aromatic N) is 1. The fraction of sp³-hybridized carbons (Fsp3) is 0.438. The number of methoxy groups -OCH3 is 1. The van der Waals surface area contributed by atoms with Crippen molar-refractivity contribution in [3.8, 4) is 17.9 Å². The van der Waals surface area contributed by atoms with Gasteiger partial charge in [0.1, 0.15) is 12.0 Å². The Morgan fingerprint density at radius 2 is 2.09 bits per heavy atom. The van der Waals surface area contributed by atoms with Crippen LogP contribution in [0.3, 0.4) is 0 Å². The highest BCUT2D eigenvalue weighted by Gasteiger charge is 2.12. The van der Waals surface area contributed by atoms with Gasteiger partial charge in [0.2, 0.25) is 5.71 Å². The van der Waals surface area contributed by atoms with Gasteiger partial charge in [-0.3, -0.25) is 9.78 Å². The molecule has 0 aliphatic rings. The third kappa shape index (κ3) is 4.44. The van der Waals surface area contributed by atoms with Crippen LogP contribution in [0.5, 0.6) is 6.01 Å². The van der Waals surface area contributed by atoms with Crippen LogP contribution in [0.2, 0.25) is 0 Å². The maximum atomic E-state index is 12.2. The van der Waals surface area contributed by atoms with Gasteiger partial charge >= 0.3 is 11.6 Å². The lowest BCUT2D eigenvalue weighted by molar-refractivity contribution is 0.239. The zero-order valence-electron chi connectivity index (χ0n) is 13.1. The number of H-pyrrole nitrogens is 1. The monoisotopic (exact) mass is 318 g/mol. The van der Waals surface area contributed by atoms with Gasteiger partial charge in [-0.1, -0.05) is 25.2 Å². The summed E-state index contributed by atoms with van der Waals surface area (Å²) in [4.78, 5) is 30.4. The van der Waals surface area contributed by atoms with Gasteiger partial charge in [-0.25, -0.2) is 4.79 Å². The molecule has 2 rings (SSSR count). The van der Waals surface area contributed by atoms with E-state index in [1.807, 2.05) is 6.92 Å². The molecule has 0 saturated carbocycles. The molecule has 2 aromatic rings. The number of ether oxygens (including phenoxy) is 2. The molecule has 0 aliphatic heterocycles. The molecule has 0 aromatic carbocycles. The Balaban J connectivity index is 2.33. The van der Waals surface area contributed by atoms with E-state index in [4.69, 9.17) is 13.9 Å². The molecule has 0 spiro atoms. The van der Waals surface area contributed by atoms with Crippen LogP contribution < -0.4 is 15.9 Å². The first-order valence-electron chi connectivity index (χ1n) is 7.30. The molecule has 1 N–H and O–H groups in total. The second-order valence-electron chi connectivity index (χ2n) is 4.82. The lowest BCUT2D eigenvalue weighted by Gasteiger charge is -2.05. The quantitative estimate of drug-likeness (QED) is 0.806. The average Bonchev–Trinajstić information content (AvgIpc) is 2.51. The van der Waals surface area contributed by atoms with Crippen LogP contribution >= 0.6 is 0 Å². The fourth-order valence-electron chi connectivity index (χ4n) is 2.04. The first kappa shape index (κ1) is 16.8. The Bertz CT molecular complexity index is 841. The van der Waals surface area contributed by atoms with E-state index in [1.54, 1.807) is 0 Å². The summed E-state index contributed by atoms with van der Waals surface area (Å²) in [6, 6.07) is 1.30. The third-order valence-electron chi connectivity index (χ3n) is 3.10. The van der Waals surface area contributed by atoms with Crippen LogP contribution in [-0.4, -0.2) is 30.3 Å². The summed E-state index contributed by atoms with van der Waals surface area (Å²) < 4.78 is 15.0. The zero-order valence-corrected chi connectivity index (χ0v) is 13.1. The van der Waals surface area contributed by atoms with Gasteiger partial charge in [-0.05, 0) is 18.4 Å². The van der Waals surface area contributed by atoms with Crippen LogP contribution in [0.25, 0.3) is 11.1 Å². The molecule has 7 heteroatoms. The minimum absolute atomic E-state index is 0.0211. The number of rotatable bonds is 6. The first-order valence-corrected chi connectivity index (χ1v) is 7.30. The number of aryl methyl sites for hydroxylation is 1. The molecule has 0 unspecified atom stereocenters. The third-order valence-corrected chi connectivity index (χ3v) is 3.10. The van der Waals surface area contributed by atoms with Gasteiger partial charge in [0, 0.05) is 13.2 Å². The van der Waals surface area contributed by atoms with Crippen molar-refractivity contribution in [1.82, 2.24) is 9.97 Å². The molecule has 7 nitrogen and oxygen atoms in total. The summed E-state index contributed by atoms with van der Waals surface area (Å²) in [7, 11) is 1.54. The Morgan fingerprint density at radius 1 is 1.30 bits per heavy atom. The standard InChI is InChI=1S/C16H18N2O5/c1-3-4-7-11-10-12(19)23-15-13(11)14(20)17-16(18-15)22-9-6-5-8-21-2/h10H,3-4,7-9H2,1-2H3,(H,17,18,20). The minimum Gasteiger partial charge on any atom is -0.451 e. The highest BCUT2D eigenvalue weighted by molar-refractivity contribution is 5.75. The molecule has 0 radical (unpaired) electrons. The van der Waals surface area contributed by atoms with Crippen LogP contribution in [0.4, 0.5) is 0 Å². The van der Waals surface area contributed by atoms with E-state index >= 15 is 0 Å². The number of aromatic nitrogens is 2. The largest absolute Gasteiger partial charge is 0.451 e. The van der Waals surface area contributed by atoms with E-state index in [0.29, 0.717) is 18.6 Å². The number of unbranched alkanes of at least 4 members (excludes halogenated alkanes) is 1. The fourth-order valence-corrected chi connectivity index (χ4v) is 2.04.